The van der Waals surface area contributed by atoms with Crippen LogP contribution in [0.15, 0.2) is 34.7 Å². The van der Waals surface area contributed by atoms with Gasteiger partial charge in [-0.25, -0.2) is 0 Å². The molecule has 0 aliphatic carbocycles. The van der Waals surface area contributed by atoms with Crippen LogP contribution in [0, 0.1) is 17.0 Å². The molecule has 1 aromatic heterocycles. The molecule has 0 saturated carbocycles. The molecule has 0 saturated heterocycles. The average Bonchev–Trinajstić information content (AvgIpc) is 2.80. The van der Waals surface area contributed by atoms with Crippen LogP contribution in [0.25, 0.3) is 11.3 Å². The quantitative estimate of drug-likeness (QED) is 0.691. The Labute approximate surface area is 121 Å². The molecular weight excluding hydrogens is 272 g/mol. The molecule has 0 spiro atoms. The summed E-state index contributed by atoms with van der Waals surface area (Å²) >= 11 is 0. The maximum Gasteiger partial charge on any atom is 0.280 e. The monoisotopic (exact) mass is 288 g/mol. The third-order valence-corrected chi connectivity index (χ3v) is 2.95. The van der Waals surface area contributed by atoms with Gasteiger partial charge in [-0.3, -0.25) is 14.9 Å². The van der Waals surface area contributed by atoms with Crippen molar-refractivity contribution in [2.24, 2.45) is 0 Å². The van der Waals surface area contributed by atoms with Crippen LogP contribution < -0.4 is 5.32 Å². The molecule has 0 fully saturated rings. The van der Waals surface area contributed by atoms with Crippen molar-refractivity contribution in [2.75, 3.05) is 0 Å². The number of hydrogen-bond donors (Lipinski definition) is 1. The van der Waals surface area contributed by atoms with Gasteiger partial charge in [-0.15, -0.1) is 0 Å². The normalized spacial score (nSPS) is 10.7. The van der Waals surface area contributed by atoms with Crippen LogP contribution in [0.2, 0.25) is 0 Å². The Morgan fingerprint density at radius 2 is 2.00 bits per heavy atom. The molecule has 110 valence electrons. The first-order valence-electron chi connectivity index (χ1n) is 6.55. The summed E-state index contributed by atoms with van der Waals surface area (Å²) in [5.41, 5.74) is 0.688. The number of furan rings is 1. The zero-order chi connectivity index (χ0) is 15.6. The largest absolute Gasteiger partial charge is 0.460 e. The maximum atomic E-state index is 12.0. The highest BCUT2D eigenvalue weighted by Crippen LogP contribution is 2.32. The predicted octanol–water partition coefficient (Wildman–Crippen LogP) is 3.30. The Balaban J connectivity index is 2.44. The van der Waals surface area contributed by atoms with E-state index in [1.165, 1.54) is 12.1 Å². The molecule has 0 atom stereocenters. The Morgan fingerprint density at radius 3 is 2.62 bits per heavy atom. The Bertz CT molecular complexity index is 689. The summed E-state index contributed by atoms with van der Waals surface area (Å²) in [6, 6.07) is 7.82. The standard InChI is InChI=1S/C15H16N2O4/c1-9(2)16-15(18)12-8-14(21-10(12)3)11-6-4-5-7-13(11)17(19)20/h4-9H,1-3H3,(H,16,18). The number of nitro benzene ring substituents is 1. The van der Waals surface area contributed by atoms with Gasteiger partial charge in [0.15, 0.2) is 0 Å². The number of benzene rings is 1. The van der Waals surface area contributed by atoms with Gasteiger partial charge in [0.2, 0.25) is 0 Å². The smallest absolute Gasteiger partial charge is 0.280 e. The number of para-hydroxylation sites is 1. The first-order valence-corrected chi connectivity index (χ1v) is 6.55. The molecular formula is C15H16N2O4. The highest BCUT2D eigenvalue weighted by Gasteiger charge is 2.21. The van der Waals surface area contributed by atoms with Gasteiger partial charge < -0.3 is 9.73 Å². The van der Waals surface area contributed by atoms with Gasteiger partial charge in [0.05, 0.1) is 16.1 Å². The topological polar surface area (TPSA) is 85.4 Å². The number of carbonyl (C=O) groups excluding carboxylic acids is 1. The summed E-state index contributed by atoms with van der Waals surface area (Å²) in [5, 5.41) is 13.8. The minimum Gasteiger partial charge on any atom is -0.460 e. The zero-order valence-electron chi connectivity index (χ0n) is 12.0. The van der Waals surface area contributed by atoms with Crippen molar-refractivity contribution in [3.63, 3.8) is 0 Å². The number of nitrogens with zero attached hydrogens (tertiary/aromatic N) is 1. The van der Waals surface area contributed by atoms with Crippen LogP contribution in [-0.4, -0.2) is 16.9 Å². The second-order valence-corrected chi connectivity index (χ2v) is 4.98. The number of aryl methyl sites for hydroxylation is 1. The Kier molecular flexibility index (Phi) is 4.07. The minimum absolute atomic E-state index is 0.00121. The van der Waals surface area contributed by atoms with Crippen molar-refractivity contribution in [1.82, 2.24) is 5.32 Å². The van der Waals surface area contributed by atoms with E-state index < -0.39 is 4.92 Å². The maximum absolute atomic E-state index is 12.0. The van der Waals surface area contributed by atoms with Crippen molar-refractivity contribution >= 4 is 11.6 Å². The van der Waals surface area contributed by atoms with Crippen molar-refractivity contribution in [3.8, 4) is 11.3 Å². The molecule has 0 aliphatic rings. The molecule has 0 aliphatic heterocycles. The number of hydrogen-bond acceptors (Lipinski definition) is 4. The average molecular weight is 288 g/mol. The zero-order valence-corrected chi connectivity index (χ0v) is 12.0. The summed E-state index contributed by atoms with van der Waals surface area (Å²) in [6.07, 6.45) is 0. The SMILES string of the molecule is Cc1oc(-c2ccccc2[N+](=O)[O-])cc1C(=O)NC(C)C. The van der Waals surface area contributed by atoms with E-state index in [0.29, 0.717) is 22.6 Å². The molecule has 6 nitrogen and oxygen atoms in total. The van der Waals surface area contributed by atoms with E-state index in [4.69, 9.17) is 4.42 Å². The predicted molar refractivity (Wildman–Crippen MR) is 78.1 cm³/mol. The van der Waals surface area contributed by atoms with Crippen LogP contribution in [0.4, 0.5) is 5.69 Å². The fraction of sp³-hybridized carbons (Fsp3) is 0.267. The van der Waals surface area contributed by atoms with Crippen LogP contribution in [0.3, 0.4) is 0 Å². The molecule has 0 unspecified atom stereocenters. The second kappa shape index (κ2) is 5.78. The summed E-state index contributed by atoms with van der Waals surface area (Å²) in [4.78, 5) is 22.6. The molecule has 2 aromatic rings. The lowest BCUT2D eigenvalue weighted by Crippen LogP contribution is -2.30. The summed E-state index contributed by atoms with van der Waals surface area (Å²) in [5.74, 6) is 0.492. The Morgan fingerprint density at radius 1 is 1.33 bits per heavy atom. The van der Waals surface area contributed by atoms with E-state index in [9.17, 15) is 14.9 Å². The molecule has 21 heavy (non-hydrogen) atoms. The number of amides is 1. The van der Waals surface area contributed by atoms with Crippen molar-refractivity contribution in [2.45, 2.75) is 26.8 Å². The van der Waals surface area contributed by atoms with Gasteiger partial charge in [0, 0.05) is 12.1 Å². The van der Waals surface area contributed by atoms with E-state index >= 15 is 0 Å². The van der Waals surface area contributed by atoms with E-state index in [2.05, 4.69) is 5.32 Å². The fourth-order valence-electron chi connectivity index (χ4n) is 2.02. The van der Waals surface area contributed by atoms with Gasteiger partial charge in [0.1, 0.15) is 11.5 Å². The molecule has 0 bridgehead atoms. The van der Waals surface area contributed by atoms with E-state index in [1.807, 2.05) is 13.8 Å². The van der Waals surface area contributed by atoms with E-state index in [0.717, 1.165) is 0 Å². The van der Waals surface area contributed by atoms with Gasteiger partial charge in [0.25, 0.3) is 11.6 Å². The van der Waals surface area contributed by atoms with E-state index in [1.54, 1.807) is 25.1 Å². The second-order valence-electron chi connectivity index (χ2n) is 4.98. The summed E-state index contributed by atoms with van der Waals surface area (Å²) in [7, 11) is 0. The third kappa shape index (κ3) is 3.10. The van der Waals surface area contributed by atoms with Crippen LogP contribution in [0.5, 0.6) is 0 Å². The molecule has 6 heteroatoms. The molecule has 0 radical (unpaired) electrons. The first-order chi connectivity index (χ1) is 9.90. The van der Waals surface area contributed by atoms with E-state index in [-0.39, 0.29) is 17.6 Å². The van der Waals surface area contributed by atoms with Crippen molar-refractivity contribution in [3.05, 3.63) is 51.8 Å². The minimum atomic E-state index is -0.471. The molecule has 2 rings (SSSR count). The van der Waals surface area contributed by atoms with Crippen molar-refractivity contribution in [1.29, 1.82) is 0 Å². The molecule has 1 heterocycles. The molecule has 1 aromatic carbocycles. The number of nitro groups is 1. The molecule has 1 amide bonds. The fourth-order valence-corrected chi connectivity index (χ4v) is 2.02. The number of rotatable bonds is 4. The van der Waals surface area contributed by atoms with Gasteiger partial charge >= 0.3 is 0 Å². The summed E-state index contributed by atoms with van der Waals surface area (Å²) in [6.45, 7) is 5.38. The number of nitrogens with one attached hydrogen (secondary N) is 1. The van der Waals surface area contributed by atoms with Crippen LogP contribution in [0.1, 0.15) is 30.0 Å². The third-order valence-electron chi connectivity index (χ3n) is 2.95. The van der Waals surface area contributed by atoms with Crippen LogP contribution >= 0.6 is 0 Å². The lowest BCUT2D eigenvalue weighted by Gasteiger charge is -2.06. The highest BCUT2D eigenvalue weighted by molar-refractivity contribution is 5.96. The first kappa shape index (κ1) is 14.8. The van der Waals surface area contributed by atoms with Crippen LogP contribution in [-0.2, 0) is 0 Å². The lowest BCUT2D eigenvalue weighted by atomic mass is 10.1. The Hall–Kier alpha value is -2.63. The molecule has 1 N–H and O–H groups in total. The number of carbonyl (C=O) groups is 1. The lowest BCUT2D eigenvalue weighted by molar-refractivity contribution is -0.384. The highest BCUT2D eigenvalue weighted by atomic mass is 16.6. The van der Waals surface area contributed by atoms with Gasteiger partial charge in [-0.2, -0.15) is 0 Å². The van der Waals surface area contributed by atoms with Gasteiger partial charge in [-0.1, -0.05) is 12.1 Å². The van der Waals surface area contributed by atoms with Crippen molar-refractivity contribution < 1.29 is 14.1 Å². The van der Waals surface area contributed by atoms with Gasteiger partial charge in [-0.05, 0) is 32.9 Å². The summed E-state index contributed by atoms with van der Waals surface area (Å²) < 4.78 is 5.53.